The van der Waals surface area contributed by atoms with Gasteiger partial charge in [0.2, 0.25) is 0 Å². The number of hydrazone groups is 1. The third kappa shape index (κ3) is 6.09. The molecule has 6 nitrogen and oxygen atoms in total. The first-order valence-electron chi connectivity index (χ1n) is 8.98. The predicted octanol–water partition coefficient (Wildman–Crippen LogP) is 3.65. The highest BCUT2D eigenvalue weighted by molar-refractivity contribution is 6.01. The Morgan fingerprint density at radius 3 is 2.63 bits per heavy atom. The molecule has 2 rings (SSSR count). The molecule has 1 aromatic rings. The highest BCUT2D eigenvalue weighted by Gasteiger charge is 2.18. The lowest BCUT2D eigenvalue weighted by Gasteiger charge is -2.22. The van der Waals surface area contributed by atoms with Gasteiger partial charge in [0.15, 0.2) is 6.61 Å². The van der Waals surface area contributed by atoms with Gasteiger partial charge in [-0.25, -0.2) is 10.2 Å². The third-order valence-electron chi connectivity index (χ3n) is 4.35. The van der Waals surface area contributed by atoms with Crippen molar-refractivity contribution in [1.82, 2.24) is 5.43 Å². The average molecular weight is 370 g/mol. The van der Waals surface area contributed by atoms with Crippen molar-refractivity contribution in [1.29, 1.82) is 0 Å². The van der Waals surface area contributed by atoms with Crippen LogP contribution in [-0.2, 0) is 9.53 Å². The summed E-state index contributed by atoms with van der Waals surface area (Å²) in [5.74, 6) is 0.115. The van der Waals surface area contributed by atoms with Crippen LogP contribution in [0.25, 0.3) is 0 Å². The van der Waals surface area contributed by atoms with Gasteiger partial charge in [-0.2, -0.15) is 5.10 Å². The summed E-state index contributed by atoms with van der Waals surface area (Å²) in [6.07, 6.45) is 3.85. The van der Waals surface area contributed by atoms with E-state index in [9.17, 15) is 9.59 Å². The van der Waals surface area contributed by atoms with Gasteiger partial charge < -0.3 is 9.47 Å². The van der Waals surface area contributed by atoms with Gasteiger partial charge >= 0.3 is 5.97 Å². The molecule has 1 aromatic carbocycles. The van der Waals surface area contributed by atoms with Gasteiger partial charge in [0, 0.05) is 0 Å². The number of carbonyl (C=O) groups is 2. The molecule has 1 atom stereocenters. The molecular weight excluding hydrogens is 344 g/mol. The minimum Gasteiger partial charge on any atom is -0.484 e. The van der Waals surface area contributed by atoms with Crippen LogP contribution in [0.3, 0.4) is 0 Å². The van der Waals surface area contributed by atoms with Crippen LogP contribution in [0.1, 0.15) is 44.0 Å². The van der Waals surface area contributed by atoms with Crippen LogP contribution in [0.5, 0.6) is 5.75 Å². The molecule has 0 spiro atoms. The van der Waals surface area contributed by atoms with Gasteiger partial charge in [-0.3, -0.25) is 4.79 Å². The van der Waals surface area contributed by atoms with E-state index in [1.54, 1.807) is 31.2 Å². The van der Waals surface area contributed by atoms with Crippen molar-refractivity contribution in [3.63, 3.8) is 0 Å². The number of benzene rings is 1. The second-order valence-corrected chi connectivity index (χ2v) is 6.50. The second-order valence-electron chi connectivity index (χ2n) is 6.50. The van der Waals surface area contributed by atoms with Crippen LogP contribution in [0.15, 0.2) is 53.2 Å². The Labute approximate surface area is 159 Å². The molecule has 0 bridgehead atoms. The number of ether oxygens (including phenoxy) is 2. The summed E-state index contributed by atoms with van der Waals surface area (Å²) >= 11 is 0. The van der Waals surface area contributed by atoms with Crippen molar-refractivity contribution in [3.05, 3.63) is 53.6 Å². The zero-order valence-electron chi connectivity index (χ0n) is 16.1. The molecule has 0 radical (unpaired) electrons. The summed E-state index contributed by atoms with van der Waals surface area (Å²) in [4.78, 5) is 23.6. The summed E-state index contributed by atoms with van der Waals surface area (Å²) < 4.78 is 10.3. The number of esters is 1. The number of carbonyl (C=O) groups excluding carboxylic acids is 2. The van der Waals surface area contributed by atoms with Crippen molar-refractivity contribution in [2.45, 2.75) is 33.6 Å². The molecule has 0 saturated carbocycles. The molecule has 1 unspecified atom stereocenters. The van der Waals surface area contributed by atoms with Crippen molar-refractivity contribution in [2.75, 3.05) is 13.2 Å². The zero-order chi connectivity index (χ0) is 19.8. The zero-order valence-corrected chi connectivity index (χ0v) is 16.1. The number of nitrogens with one attached hydrogen (secondary N) is 1. The fraction of sp³-hybridized carbons (Fsp3) is 0.381. The number of allylic oxidation sites excluding steroid dienone is 3. The van der Waals surface area contributed by atoms with Crippen molar-refractivity contribution >= 4 is 17.6 Å². The maximum absolute atomic E-state index is 12.0. The van der Waals surface area contributed by atoms with E-state index < -0.39 is 0 Å². The summed E-state index contributed by atoms with van der Waals surface area (Å²) in [6, 6.07) is 6.44. The van der Waals surface area contributed by atoms with E-state index in [2.05, 4.69) is 23.2 Å². The number of hydrogen-bond donors (Lipinski definition) is 1. The Morgan fingerprint density at radius 1 is 1.30 bits per heavy atom. The van der Waals surface area contributed by atoms with Gasteiger partial charge in [-0.1, -0.05) is 18.2 Å². The second kappa shape index (κ2) is 9.71. The minimum atomic E-state index is -0.387. The summed E-state index contributed by atoms with van der Waals surface area (Å²) in [6.45, 7) is 9.91. The molecular formula is C21H26N2O4. The maximum atomic E-state index is 12.0. The van der Waals surface area contributed by atoms with E-state index >= 15 is 0 Å². The Kier molecular flexibility index (Phi) is 7.34. The largest absolute Gasteiger partial charge is 0.484 e. The molecule has 27 heavy (non-hydrogen) atoms. The van der Waals surface area contributed by atoms with Crippen LogP contribution in [-0.4, -0.2) is 30.8 Å². The molecule has 1 N–H and O–H groups in total. The van der Waals surface area contributed by atoms with Crippen LogP contribution in [0.4, 0.5) is 0 Å². The van der Waals surface area contributed by atoms with E-state index in [0.29, 0.717) is 23.8 Å². The van der Waals surface area contributed by atoms with Crippen molar-refractivity contribution < 1.29 is 19.1 Å². The highest BCUT2D eigenvalue weighted by Crippen LogP contribution is 2.26. The quantitative estimate of drug-likeness (QED) is 0.451. The van der Waals surface area contributed by atoms with Crippen LogP contribution in [0.2, 0.25) is 0 Å². The van der Waals surface area contributed by atoms with Gasteiger partial charge in [-0.15, -0.1) is 0 Å². The van der Waals surface area contributed by atoms with Gasteiger partial charge in [-0.05, 0) is 69.4 Å². The highest BCUT2D eigenvalue weighted by atomic mass is 16.5. The first kappa shape index (κ1) is 20.4. The lowest BCUT2D eigenvalue weighted by molar-refractivity contribution is -0.123. The number of rotatable bonds is 7. The topological polar surface area (TPSA) is 77.0 Å². The average Bonchev–Trinajstić information content (AvgIpc) is 2.66. The molecule has 1 amide bonds. The fourth-order valence-electron chi connectivity index (χ4n) is 2.64. The van der Waals surface area contributed by atoms with E-state index in [0.717, 1.165) is 29.7 Å². The summed E-state index contributed by atoms with van der Waals surface area (Å²) in [5, 5.41) is 4.23. The SMILES string of the molecule is C=C(C)C1CC=C(C)/C(=N/NC(=O)COc2ccc(C(=O)OCC)cc2)C1. The molecule has 144 valence electrons. The molecule has 0 aliphatic heterocycles. The number of hydrogen-bond acceptors (Lipinski definition) is 5. The molecule has 6 heteroatoms. The van der Waals surface area contributed by atoms with Gasteiger partial charge in [0.05, 0.1) is 17.9 Å². The van der Waals surface area contributed by atoms with Crippen LogP contribution in [0, 0.1) is 5.92 Å². The normalized spacial score (nSPS) is 17.8. The molecule has 0 fully saturated rings. The third-order valence-corrected chi connectivity index (χ3v) is 4.35. The van der Waals surface area contributed by atoms with E-state index in [1.165, 1.54) is 0 Å². The van der Waals surface area contributed by atoms with Crippen LogP contribution >= 0.6 is 0 Å². The lowest BCUT2D eigenvalue weighted by atomic mass is 9.85. The Balaban J connectivity index is 1.85. The van der Waals surface area contributed by atoms with Crippen molar-refractivity contribution in [2.24, 2.45) is 11.0 Å². The monoisotopic (exact) mass is 370 g/mol. The van der Waals surface area contributed by atoms with E-state index in [1.807, 2.05) is 13.8 Å². The maximum Gasteiger partial charge on any atom is 0.338 e. The summed E-state index contributed by atoms with van der Waals surface area (Å²) in [5.41, 5.74) is 6.03. The van der Waals surface area contributed by atoms with Crippen LogP contribution < -0.4 is 10.2 Å². The molecule has 1 aliphatic rings. The van der Waals surface area contributed by atoms with Crippen molar-refractivity contribution in [3.8, 4) is 5.75 Å². The minimum absolute atomic E-state index is 0.164. The number of amides is 1. The first-order valence-corrected chi connectivity index (χ1v) is 8.98. The fourth-order valence-corrected chi connectivity index (χ4v) is 2.64. The number of nitrogens with zero attached hydrogens (tertiary/aromatic N) is 1. The Morgan fingerprint density at radius 2 is 2.00 bits per heavy atom. The first-order chi connectivity index (χ1) is 12.9. The smallest absolute Gasteiger partial charge is 0.338 e. The molecule has 1 aliphatic carbocycles. The Hall–Kier alpha value is -2.89. The predicted molar refractivity (Wildman–Crippen MR) is 105 cm³/mol. The van der Waals surface area contributed by atoms with Gasteiger partial charge in [0.25, 0.3) is 5.91 Å². The lowest BCUT2D eigenvalue weighted by Crippen LogP contribution is -2.27. The Bertz CT molecular complexity index is 763. The summed E-state index contributed by atoms with van der Waals surface area (Å²) in [7, 11) is 0. The standard InChI is InChI=1S/C21H26N2O4/c1-5-26-21(25)16-8-10-18(11-9-16)27-13-20(24)23-22-19-12-17(14(2)3)7-6-15(19)4/h6,8-11,17H,2,5,7,12-13H2,1,3-4H3,(H,23,24)/b22-19+. The van der Waals surface area contributed by atoms with E-state index in [-0.39, 0.29) is 18.5 Å². The molecule has 0 saturated heterocycles. The molecule has 0 aromatic heterocycles. The van der Waals surface area contributed by atoms with Gasteiger partial charge in [0.1, 0.15) is 5.75 Å². The van der Waals surface area contributed by atoms with E-state index in [4.69, 9.17) is 9.47 Å². The molecule has 0 heterocycles.